The molecule has 2 N–H and O–H groups in total. The molecule has 0 saturated carbocycles. The average Bonchev–Trinajstić information content (AvgIpc) is 2.45. The Morgan fingerprint density at radius 3 is 2.71 bits per heavy atom. The fourth-order valence-electron chi connectivity index (χ4n) is 2.78. The van der Waals surface area contributed by atoms with Gasteiger partial charge in [-0.3, -0.25) is 4.90 Å². The van der Waals surface area contributed by atoms with Crippen LogP contribution in [0.15, 0.2) is 18.2 Å². The Labute approximate surface area is 127 Å². The maximum absolute atomic E-state index is 6.40. The largest absolute Gasteiger partial charge is 0.497 e. The molecule has 5 nitrogen and oxygen atoms in total. The van der Waals surface area contributed by atoms with E-state index < -0.39 is 0 Å². The fraction of sp³-hybridized carbons (Fsp3) is 0.625. The number of hydrogen-bond acceptors (Lipinski definition) is 5. The van der Waals surface area contributed by atoms with Gasteiger partial charge < -0.3 is 19.9 Å². The summed E-state index contributed by atoms with van der Waals surface area (Å²) in [5, 5.41) is 0. The molecule has 1 aromatic carbocycles. The lowest BCUT2D eigenvalue weighted by Gasteiger charge is -2.39. The van der Waals surface area contributed by atoms with Gasteiger partial charge in [0.15, 0.2) is 0 Å². The minimum absolute atomic E-state index is 0.115. The van der Waals surface area contributed by atoms with Gasteiger partial charge in [-0.2, -0.15) is 0 Å². The molecule has 1 atom stereocenters. The molecule has 21 heavy (non-hydrogen) atoms. The number of hydrogen-bond donors (Lipinski definition) is 1. The normalized spacial score (nSPS) is 20.0. The van der Waals surface area contributed by atoms with Crippen LogP contribution in [-0.2, 0) is 4.74 Å². The van der Waals surface area contributed by atoms with Crippen molar-refractivity contribution in [2.75, 3.05) is 40.5 Å². The zero-order chi connectivity index (χ0) is 15.5. The van der Waals surface area contributed by atoms with Crippen molar-refractivity contribution < 1.29 is 14.2 Å². The molecule has 0 aromatic heterocycles. The quantitative estimate of drug-likeness (QED) is 0.897. The van der Waals surface area contributed by atoms with E-state index in [0.717, 1.165) is 43.3 Å². The van der Waals surface area contributed by atoms with E-state index in [2.05, 4.69) is 18.7 Å². The summed E-state index contributed by atoms with van der Waals surface area (Å²) in [7, 11) is 3.32. The molecule has 1 aliphatic rings. The summed E-state index contributed by atoms with van der Waals surface area (Å²) in [5.74, 6) is 1.60. The van der Waals surface area contributed by atoms with Crippen LogP contribution in [-0.4, -0.2) is 51.0 Å². The molecule has 1 saturated heterocycles. The zero-order valence-electron chi connectivity index (χ0n) is 13.4. The third kappa shape index (κ3) is 4.09. The fourth-order valence-corrected chi connectivity index (χ4v) is 2.78. The molecule has 0 amide bonds. The number of benzene rings is 1. The highest BCUT2D eigenvalue weighted by atomic mass is 16.5. The van der Waals surface area contributed by atoms with E-state index in [1.54, 1.807) is 14.2 Å². The lowest BCUT2D eigenvalue weighted by atomic mass is 10.0. The number of ether oxygens (including phenoxy) is 3. The van der Waals surface area contributed by atoms with Crippen molar-refractivity contribution in [3.63, 3.8) is 0 Å². The van der Waals surface area contributed by atoms with Crippen molar-refractivity contribution in [2.45, 2.75) is 25.5 Å². The van der Waals surface area contributed by atoms with E-state index in [1.807, 2.05) is 18.2 Å². The molecule has 1 aromatic rings. The maximum Gasteiger partial charge on any atom is 0.123 e. The third-order valence-corrected chi connectivity index (χ3v) is 3.80. The van der Waals surface area contributed by atoms with Crippen LogP contribution >= 0.6 is 0 Å². The first-order valence-electron chi connectivity index (χ1n) is 7.29. The summed E-state index contributed by atoms with van der Waals surface area (Å²) in [6.07, 6.45) is 0. The summed E-state index contributed by atoms with van der Waals surface area (Å²) in [6, 6.07) is 5.61. The van der Waals surface area contributed by atoms with Crippen molar-refractivity contribution in [1.29, 1.82) is 0 Å². The van der Waals surface area contributed by atoms with Gasteiger partial charge in [0.2, 0.25) is 0 Å². The molecular weight excluding hydrogens is 268 g/mol. The first kappa shape index (κ1) is 16.1. The summed E-state index contributed by atoms with van der Waals surface area (Å²) in [5.41, 5.74) is 7.25. The molecule has 1 heterocycles. The third-order valence-electron chi connectivity index (χ3n) is 3.80. The number of nitrogens with zero attached hydrogens (tertiary/aromatic N) is 1. The monoisotopic (exact) mass is 294 g/mol. The molecule has 1 unspecified atom stereocenters. The Hall–Kier alpha value is -1.30. The van der Waals surface area contributed by atoms with E-state index in [0.29, 0.717) is 0 Å². The van der Waals surface area contributed by atoms with Crippen molar-refractivity contribution in [3.05, 3.63) is 23.8 Å². The first-order valence-corrected chi connectivity index (χ1v) is 7.29. The molecule has 0 radical (unpaired) electrons. The molecule has 0 bridgehead atoms. The summed E-state index contributed by atoms with van der Waals surface area (Å²) in [4.78, 5) is 2.34. The van der Waals surface area contributed by atoms with Crippen LogP contribution in [0.2, 0.25) is 0 Å². The number of methoxy groups -OCH3 is 2. The minimum Gasteiger partial charge on any atom is -0.497 e. The second-order valence-corrected chi connectivity index (χ2v) is 6.06. The maximum atomic E-state index is 6.40. The SMILES string of the molecule is COc1ccc(OC)c(C(N)CN2CCOC(C)(C)C2)c1. The Bertz CT molecular complexity index is 477. The molecule has 5 heteroatoms. The first-order chi connectivity index (χ1) is 9.95. The zero-order valence-corrected chi connectivity index (χ0v) is 13.4. The average molecular weight is 294 g/mol. The van der Waals surface area contributed by atoms with E-state index in [1.165, 1.54) is 0 Å². The van der Waals surface area contributed by atoms with Crippen LogP contribution in [0, 0.1) is 0 Å². The van der Waals surface area contributed by atoms with Crippen molar-refractivity contribution >= 4 is 0 Å². The number of morpholine rings is 1. The van der Waals surface area contributed by atoms with Gasteiger partial charge in [-0.05, 0) is 32.0 Å². The van der Waals surface area contributed by atoms with Gasteiger partial charge in [0.25, 0.3) is 0 Å². The number of nitrogens with two attached hydrogens (primary N) is 1. The van der Waals surface area contributed by atoms with Crippen LogP contribution in [0.5, 0.6) is 11.5 Å². The Morgan fingerprint density at radius 1 is 1.33 bits per heavy atom. The van der Waals surface area contributed by atoms with Crippen LogP contribution < -0.4 is 15.2 Å². The lowest BCUT2D eigenvalue weighted by molar-refractivity contribution is -0.0870. The van der Waals surface area contributed by atoms with Crippen LogP contribution in [0.25, 0.3) is 0 Å². The number of rotatable bonds is 5. The molecule has 2 rings (SSSR count). The minimum atomic E-state index is -0.121. The van der Waals surface area contributed by atoms with E-state index in [9.17, 15) is 0 Å². The van der Waals surface area contributed by atoms with Gasteiger partial charge in [-0.1, -0.05) is 0 Å². The Kier molecular flexibility index (Phi) is 5.08. The summed E-state index contributed by atoms with van der Waals surface area (Å²) in [6.45, 7) is 7.52. The van der Waals surface area contributed by atoms with E-state index in [-0.39, 0.29) is 11.6 Å². The molecule has 1 fully saturated rings. The van der Waals surface area contributed by atoms with Gasteiger partial charge in [0.05, 0.1) is 26.4 Å². The van der Waals surface area contributed by atoms with Gasteiger partial charge in [0, 0.05) is 31.2 Å². The second-order valence-electron chi connectivity index (χ2n) is 6.06. The van der Waals surface area contributed by atoms with Gasteiger partial charge in [-0.25, -0.2) is 0 Å². The van der Waals surface area contributed by atoms with Crippen molar-refractivity contribution in [3.8, 4) is 11.5 Å². The van der Waals surface area contributed by atoms with Crippen LogP contribution in [0.3, 0.4) is 0 Å². The predicted molar refractivity (Wildman–Crippen MR) is 82.9 cm³/mol. The molecular formula is C16H26N2O3. The molecule has 0 aliphatic carbocycles. The van der Waals surface area contributed by atoms with Crippen molar-refractivity contribution in [2.24, 2.45) is 5.73 Å². The highest BCUT2D eigenvalue weighted by molar-refractivity contribution is 5.42. The molecule has 118 valence electrons. The van der Waals surface area contributed by atoms with Crippen molar-refractivity contribution in [1.82, 2.24) is 4.90 Å². The Morgan fingerprint density at radius 2 is 2.10 bits per heavy atom. The Balaban J connectivity index is 2.10. The highest BCUT2D eigenvalue weighted by Crippen LogP contribution is 2.29. The van der Waals surface area contributed by atoms with E-state index >= 15 is 0 Å². The lowest BCUT2D eigenvalue weighted by Crippen LogP contribution is -2.50. The smallest absolute Gasteiger partial charge is 0.123 e. The highest BCUT2D eigenvalue weighted by Gasteiger charge is 2.28. The predicted octanol–water partition coefficient (Wildman–Crippen LogP) is 1.81. The van der Waals surface area contributed by atoms with Gasteiger partial charge in [-0.15, -0.1) is 0 Å². The summed E-state index contributed by atoms with van der Waals surface area (Å²) >= 11 is 0. The van der Waals surface area contributed by atoms with Gasteiger partial charge in [0.1, 0.15) is 11.5 Å². The molecule has 1 aliphatic heterocycles. The second kappa shape index (κ2) is 6.64. The summed E-state index contributed by atoms with van der Waals surface area (Å²) < 4.78 is 16.4. The van der Waals surface area contributed by atoms with E-state index in [4.69, 9.17) is 19.9 Å². The van der Waals surface area contributed by atoms with Crippen LogP contribution in [0.1, 0.15) is 25.5 Å². The van der Waals surface area contributed by atoms with Gasteiger partial charge >= 0.3 is 0 Å². The molecule has 0 spiro atoms. The standard InChI is InChI=1S/C16H26N2O3/c1-16(2)11-18(7-8-21-16)10-14(17)13-9-12(19-3)5-6-15(13)20-4/h5-6,9,14H,7-8,10-11,17H2,1-4H3. The topological polar surface area (TPSA) is 57.0 Å². The van der Waals surface area contributed by atoms with Crippen LogP contribution in [0.4, 0.5) is 0 Å².